The van der Waals surface area contributed by atoms with Crippen LogP contribution in [0.1, 0.15) is 5.56 Å². The van der Waals surface area contributed by atoms with Gasteiger partial charge in [0.2, 0.25) is 5.75 Å². The van der Waals surface area contributed by atoms with Crippen molar-refractivity contribution >= 4 is 15.5 Å². The molecule has 7 heteroatoms. The molecule has 2 aromatic rings. The van der Waals surface area contributed by atoms with Crippen molar-refractivity contribution in [1.29, 1.82) is 0 Å². The monoisotopic (exact) mass is 307 g/mol. The van der Waals surface area contributed by atoms with E-state index in [1.54, 1.807) is 19.1 Å². The molecule has 0 aliphatic carbocycles. The Bertz CT molecular complexity index is 782. The smallest absolute Gasteiger partial charge is 0.311 e. The largest absolute Gasteiger partial charge is 0.450 e. The van der Waals surface area contributed by atoms with Gasteiger partial charge in [-0.15, -0.1) is 0 Å². The third-order valence-electron chi connectivity index (χ3n) is 2.79. The summed E-state index contributed by atoms with van der Waals surface area (Å²) in [6.07, 6.45) is 1.11. The van der Waals surface area contributed by atoms with Gasteiger partial charge in [0.1, 0.15) is 5.75 Å². The van der Waals surface area contributed by atoms with Crippen LogP contribution in [0.3, 0.4) is 0 Å². The van der Waals surface area contributed by atoms with Crippen molar-refractivity contribution in [2.24, 2.45) is 0 Å². The first-order valence-electron chi connectivity index (χ1n) is 6.00. The molecule has 0 spiro atoms. The first-order chi connectivity index (χ1) is 9.77. The number of nitrogens with zero attached hydrogens (tertiary/aromatic N) is 1. The van der Waals surface area contributed by atoms with Crippen molar-refractivity contribution in [3.63, 3.8) is 0 Å². The maximum absolute atomic E-state index is 11.4. The van der Waals surface area contributed by atoms with E-state index in [-0.39, 0.29) is 16.3 Å². The zero-order chi connectivity index (χ0) is 15.6. The van der Waals surface area contributed by atoms with Gasteiger partial charge in [0, 0.05) is 12.3 Å². The fourth-order valence-corrected chi connectivity index (χ4v) is 2.37. The lowest BCUT2D eigenvalue weighted by atomic mass is 10.2. The van der Waals surface area contributed by atoms with E-state index >= 15 is 0 Å². The Balaban J connectivity index is 2.34. The zero-order valence-corrected chi connectivity index (χ0v) is 12.3. The van der Waals surface area contributed by atoms with Crippen LogP contribution in [0.2, 0.25) is 0 Å². The number of hydrogen-bond acceptors (Lipinski definition) is 5. The van der Waals surface area contributed by atoms with Crippen molar-refractivity contribution in [2.75, 3.05) is 6.26 Å². The molecule has 0 radical (unpaired) electrons. The summed E-state index contributed by atoms with van der Waals surface area (Å²) < 4.78 is 28.2. The van der Waals surface area contributed by atoms with Gasteiger partial charge in [0.05, 0.1) is 9.82 Å². The van der Waals surface area contributed by atoms with Crippen LogP contribution in [-0.2, 0) is 9.84 Å². The number of aryl methyl sites for hydroxylation is 1. The molecule has 0 atom stereocenters. The highest BCUT2D eigenvalue weighted by Crippen LogP contribution is 2.32. The van der Waals surface area contributed by atoms with Gasteiger partial charge in [0.15, 0.2) is 9.84 Å². The molecule has 0 N–H and O–H groups in total. The van der Waals surface area contributed by atoms with E-state index in [0.717, 1.165) is 11.8 Å². The second-order valence-corrected chi connectivity index (χ2v) is 6.59. The third-order valence-corrected chi connectivity index (χ3v) is 3.92. The fourth-order valence-electron chi connectivity index (χ4n) is 1.74. The van der Waals surface area contributed by atoms with Gasteiger partial charge in [-0.25, -0.2) is 8.42 Å². The third kappa shape index (κ3) is 3.57. The van der Waals surface area contributed by atoms with E-state index in [1.807, 2.05) is 0 Å². The summed E-state index contributed by atoms with van der Waals surface area (Å²) in [4.78, 5) is 10.6. The van der Waals surface area contributed by atoms with Crippen LogP contribution in [0.4, 0.5) is 5.69 Å². The van der Waals surface area contributed by atoms with Gasteiger partial charge in [-0.1, -0.05) is 6.07 Å². The standard InChI is InChI=1S/C14H13NO5S/c1-10-3-8-13(15(16)17)14(9-10)20-11-4-6-12(7-5-11)21(2,18)19/h3-9H,1-2H3. The average Bonchev–Trinajstić information content (AvgIpc) is 2.38. The Kier molecular flexibility index (Phi) is 3.95. The molecule has 6 nitrogen and oxygen atoms in total. The maximum atomic E-state index is 11.4. The molecular formula is C14H13NO5S. The van der Waals surface area contributed by atoms with E-state index < -0.39 is 14.8 Å². The first-order valence-corrected chi connectivity index (χ1v) is 7.89. The van der Waals surface area contributed by atoms with Gasteiger partial charge >= 0.3 is 5.69 Å². The van der Waals surface area contributed by atoms with Crippen molar-refractivity contribution in [3.8, 4) is 11.5 Å². The second kappa shape index (κ2) is 5.53. The normalized spacial score (nSPS) is 11.1. The number of hydrogen-bond donors (Lipinski definition) is 0. The molecule has 0 unspecified atom stereocenters. The van der Waals surface area contributed by atoms with Gasteiger partial charge in [0.25, 0.3) is 0 Å². The predicted molar refractivity (Wildman–Crippen MR) is 77.5 cm³/mol. The molecule has 0 heterocycles. The number of rotatable bonds is 4. The molecule has 0 bridgehead atoms. The van der Waals surface area contributed by atoms with Crippen LogP contribution in [-0.4, -0.2) is 19.6 Å². The van der Waals surface area contributed by atoms with Crippen LogP contribution in [0.5, 0.6) is 11.5 Å². The minimum Gasteiger partial charge on any atom is -0.450 e. The Morgan fingerprint density at radius 1 is 1.10 bits per heavy atom. The SMILES string of the molecule is Cc1ccc([N+](=O)[O-])c(Oc2ccc(S(C)(=O)=O)cc2)c1. The summed E-state index contributed by atoms with van der Waals surface area (Å²) in [7, 11) is -3.28. The maximum Gasteiger partial charge on any atom is 0.311 e. The molecule has 0 aliphatic rings. The van der Waals surface area contributed by atoms with Crippen LogP contribution >= 0.6 is 0 Å². The van der Waals surface area contributed by atoms with Crippen LogP contribution in [0.25, 0.3) is 0 Å². The predicted octanol–water partition coefficient (Wildman–Crippen LogP) is 3.10. The Labute approximate surface area is 122 Å². The number of sulfone groups is 1. The molecule has 110 valence electrons. The van der Waals surface area contributed by atoms with Gasteiger partial charge < -0.3 is 4.74 Å². The molecule has 2 aromatic carbocycles. The quantitative estimate of drug-likeness (QED) is 0.640. The number of nitro benzene ring substituents is 1. The minimum atomic E-state index is -3.28. The molecule has 0 saturated carbocycles. The van der Waals surface area contributed by atoms with Crippen molar-refractivity contribution in [1.82, 2.24) is 0 Å². The van der Waals surface area contributed by atoms with E-state index in [2.05, 4.69) is 0 Å². The van der Waals surface area contributed by atoms with Gasteiger partial charge in [-0.2, -0.15) is 0 Å². The molecule has 2 rings (SSSR count). The Hall–Kier alpha value is -2.41. The summed E-state index contributed by atoms with van der Waals surface area (Å²) in [5.41, 5.74) is 0.677. The van der Waals surface area contributed by atoms with Gasteiger partial charge in [-0.05, 0) is 42.8 Å². The lowest BCUT2D eigenvalue weighted by molar-refractivity contribution is -0.385. The van der Waals surface area contributed by atoms with E-state index in [9.17, 15) is 18.5 Å². The number of ether oxygens (including phenoxy) is 1. The lowest BCUT2D eigenvalue weighted by Crippen LogP contribution is -1.97. The molecule has 0 aromatic heterocycles. The molecule has 0 aliphatic heterocycles. The van der Waals surface area contributed by atoms with E-state index in [0.29, 0.717) is 5.75 Å². The van der Waals surface area contributed by atoms with Crippen LogP contribution < -0.4 is 4.74 Å². The number of nitro groups is 1. The van der Waals surface area contributed by atoms with Crippen molar-refractivity contribution < 1.29 is 18.1 Å². The van der Waals surface area contributed by atoms with E-state index in [1.165, 1.54) is 30.3 Å². The highest BCUT2D eigenvalue weighted by molar-refractivity contribution is 7.90. The van der Waals surface area contributed by atoms with Gasteiger partial charge in [-0.3, -0.25) is 10.1 Å². The minimum absolute atomic E-state index is 0.118. The zero-order valence-electron chi connectivity index (χ0n) is 11.4. The molecular weight excluding hydrogens is 294 g/mol. The van der Waals surface area contributed by atoms with Crippen LogP contribution in [0.15, 0.2) is 47.4 Å². The molecule has 21 heavy (non-hydrogen) atoms. The molecule has 0 amide bonds. The molecule has 0 fully saturated rings. The summed E-state index contributed by atoms with van der Waals surface area (Å²) in [6, 6.07) is 10.3. The Morgan fingerprint density at radius 3 is 2.24 bits per heavy atom. The summed E-state index contributed by atoms with van der Waals surface area (Å²) >= 11 is 0. The highest BCUT2D eigenvalue weighted by atomic mass is 32.2. The highest BCUT2D eigenvalue weighted by Gasteiger charge is 2.16. The second-order valence-electron chi connectivity index (χ2n) is 4.57. The van der Waals surface area contributed by atoms with Crippen molar-refractivity contribution in [3.05, 3.63) is 58.1 Å². The lowest BCUT2D eigenvalue weighted by Gasteiger charge is -2.07. The number of benzene rings is 2. The summed E-state index contributed by atoms with van der Waals surface area (Å²) in [5.74, 6) is 0.447. The summed E-state index contributed by atoms with van der Waals surface area (Å²) in [6.45, 7) is 1.79. The summed E-state index contributed by atoms with van der Waals surface area (Å²) in [5, 5.41) is 11.0. The van der Waals surface area contributed by atoms with Crippen LogP contribution in [0, 0.1) is 17.0 Å². The average molecular weight is 307 g/mol. The van der Waals surface area contributed by atoms with Crippen molar-refractivity contribution in [2.45, 2.75) is 11.8 Å². The topological polar surface area (TPSA) is 86.5 Å². The van der Waals surface area contributed by atoms with E-state index in [4.69, 9.17) is 4.74 Å². The fraction of sp³-hybridized carbons (Fsp3) is 0.143. The Morgan fingerprint density at radius 2 is 1.71 bits per heavy atom. The molecule has 0 saturated heterocycles. The first kappa shape index (κ1) is 15.0.